The van der Waals surface area contributed by atoms with Crippen molar-refractivity contribution in [1.82, 2.24) is 9.80 Å². The van der Waals surface area contributed by atoms with Gasteiger partial charge in [0.25, 0.3) is 0 Å². The summed E-state index contributed by atoms with van der Waals surface area (Å²) in [5.74, 6) is -3.48. The molecular weight excluding hydrogens is 404 g/mol. The minimum absolute atomic E-state index is 0. The molecule has 0 spiro atoms. The van der Waals surface area contributed by atoms with Crippen molar-refractivity contribution in [3.05, 3.63) is 11.6 Å². The number of halogens is 3. The molecule has 0 radical (unpaired) electrons. The van der Waals surface area contributed by atoms with Crippen molar-refractivity contribution in [2.24, 2.45) is 0 Å². The molecule has 27 heavy (non-hydrogen) atoms. The minimum Gasteiger partial charge on any atom is -0.548 e. The van der Waals surface area contributed by atoms with Crippen molar-refractivity contribution in [3.63, 3.8) is 0 Å². The summed E-state index contributed by atoms with van der Waals surface area (Å²) in [6, 6.07) is -1.84. The van der Waals surface area contributed by atoms with Gasteiger partial charge in [0, 0.05) is 12.1 Å². The third-order valence-corrected chi connectivity index (χ3v) is 7.68. The monoisotopic (exact) mass is 418 g/mol. The SMILES string of the molecule is C[C@]1(/C=C2\CCN(CC(F)(F)F)C2=O)[C@H](C(=O)[O-])N2C(=O)C[C@H]2S1(=O)=O.[Na+]. The molecule has 0 unspecified atom stereocenters. The maximum absolute atomic E-state index is 12.7. The van der Waals surface area contributed by atoms with Crippen LogP contribution in [0.25, 0.3) is 0 Å². The molecule has 0 aromatic carbocycles. The zero-order valence-corrected chi connectivity index (χ0v) is 17.3. The maximum atomic E-state index is 12.7. The van der Waals surface area contributed by atoms with Gasteiger partial charge in [0.05, 0.1) is 18.4 Å². The standard InChI is InChI=1S/C14H15F3N2O6S.Na/c1-13(5-7-2-3-18(11(7)21)6-14(15,16)17)10(12(22)23)19-8(20)4-9(19)26(13,24)25;/h5,9-10H,2-4,6H2,1H3,(H,22,23);/q;+1/p-1/b7-5+;/t9-,10+,13+;/m1./s1. The first kappa shape index (κ1) is 22.2. The summed E-state index contributed by atoms with van der Waals surface area (Å²) < 4.78 is 60.7. The summed E-state index contributed by atoms with van der Waals surface area (Å²) in [4.78, 5) is 36.5. The Hall–Kier alpha value is -1.11. The Balaban J connectivity index is 0.00000261. The summed E-state index contributed by atoms with van der Waals surface area (Å²) in [5.41, 5.74) is -0.221. The number of carbonyl (C=O) groups is 3. The fourth-order valence-electron chi connectivity index (χ4n) is 3.72. The van der Waals surface area contributed by atoms with E-state index in [1.165, 1.54) is 0 Å². The predicted molar refractivity (Wildman–Crippen MR) is 76.7 cm³/mol. The molecule has 3 rings (SSSR count). The normalized spacial score (nSPS) is 33.7. The predicted octanol–water partition coefficient (Wildman–Crippen LogP) is -4.42. The first-order valence-corrected chi connectivity index (χ1v) is 9.17. The average molecular weight is 418 g/mol. The number of carboxylic acids is 1. The van der Waals surface area contributed by atoms with Gasteiger partial charge in [-0.25, -0.2) is 8.42 Å². The van der Waals surface area contributed by atoms with Crippen molar-refractivity contribution in [2.75, 3.05) is 13.1 Å². The van der Waals surface area contributed by atoms with Crippen LogP contribution < -0.4 is 34.7 Å². The van der Waals surface area contributed by atoms with Gasteiger partial charge in [-0.05, 0) is 13.3 Å². The number of alkyl halides is 3. The van der Waals surface area contributed by atoms with E-state index in [9.17, 15) is 41.1 Å². The maximum Gasteiger partial charge on any atom is 1.00 e. The molecular formula is C14H14F3N2NaO6S. The van der Waals surface area contributed by atoms with Crippen LogP contribution in [-0.4, -0.2) is 71.4 Å². The Morgan fingerprint density at radius 3 is 2.44 bits per heavy atom. The van der Waals surface area contributed by atoms with Gasteiger partial charge in [0.2, 0.25) is 11.8 Å². The molecule has 144 valence electrons. The van der Waals surface area contributed by atoms with Gasteiger partial charge in [0.1, 0.15) is 16.7 Å². The minimum atomic E-state index is -4.61. The first-order valence-electron chi connectivity index (χ1n) is 7.63. The van der Waals surface area contributed by atoms with Crippen LogP contribution in [-0.2, 0) is 24.2 Å². The number of carbonyl (C=O) groups excluding carboxylic acids is 3. The second kappa shape index (κ2) is 6.75. The summed E-state index contributed by atoms with van der Waals surface area (Å²) >= 11 is 0. The van der Waals surface area contributed by atoms with E-state index in [2.05, 4.69) is 0 Å². The molecule has 3 aliphatic rings. The number of fused-ring (bicyclic) bond motifs is 1. The van der Waals surface area contributed by atoms with E-state index in [-0.39, 0.29) is 54.5 Å². The van der Waals surface area contributed by atoms with Gasteiger partial charge >= 0.3 is 35.7 Å². The third kappa shape index (κ3) is 3.30. The second-order valence-corrected chi connectivity index (χ2v) is 9.19. The Bertz CT molecular complexity index is 842. The van der Waals surface area contributed by atoms with Gasteiger partial charge < -0.3 is 19.7 Å². The molecule has 13 heteroatoms. The van der Waals surface area contributed by atoms with Crippen LogP contribution in [0.3, 0.4) is 0 Å². The fraction of sp³-hybridized carbons (Fsp3) is 0.643. The van der Waals surface area contributed by atoms with E-state index in [0.717, 1.165) is 13.0 Å². The van der Waals surface area contributed by atoms with Crippen LogP contribution in [0.1, 0.15) is 19.8 Å². The molecule has 3 aliphatic heterocycles. The summed E-state index contributed by atoms with van der Waals surface area (Å²) in [6.07, 6.45) is -4.26. The molecule has 8 nitrogen and oxygen atoms in total. The number of β-lactam (4-membered cyclic amide) rings is 1. The third-order valence-electron chi connectivity index (χ3n) is 5.01. The number of amides is 2. The van der Waals surface area contributed by atoms with Crippen LogP contribution in [0, 0.1) is 0 Å². The zero-order valence-electron chi connectivity index (χ0n) is 14.4. The average Bonchev–Trinajstić information content (AvgIpc) is 2.86. The number of hydrogen-bond donors (Lipinski definition) is 0. The first-order chi connectivity index (χ1) is 11.8. The Morgan fingerprint density at radius 2 is 1.96 bits per heavy atom. The molecule has 0 bridgehead atoms. The van der Waals surface area contributed by atoms with E-state index in [4.69, 9.17) is 0 Å². The Kier molecular flexibility index (Phi) is 5.54. The van der Waals surface area contributed by atoms with E-state index in [0.29, 0.717) is 9.80 Å². The van der Waals surface area contributed by atoms with Crippen LogP contribution in [0.15, 0.2) is 11.6 Å². The quantitative estimate of drug-likeness (QED) is 0.260. The van der Waals surface area contributed by atoms with E-state index in [1.807, 2.05) is 0 Å². The van der Waals surface area contributed by atoms with Gasteiger partial charge in [-0.1, -0.05) is 6.08 Å². The molecule has 3 saturated heterocycles. The number of nitrogens with zero attached hydrogens (tertiary/aromatic N) is 2. The zero-order chi connectivity index (χ0) is 19.7. The summed E-state index contributed by atoms with van der Waals surface area (Å²) in [6.45, 7) is -0.701. The Morgan fingerprint density at radius 1 is 1.37 bits per heavy atom. The molecule has 3 atom stereocenters. The molecule has 0 aromatic rings. The van der Waals surface area contributed by atoms with Gasteiger partial charge in [-0.3, -0.25) is 9.59 Å². The summed E-state index contributed by atoms with van der Waals surface area (Å²) in [7, 11) is -4.20. The molecule has 0 aliphatic carbocycles. The number of hydrogen-bond acceptors (Lipinski definition) is 6. The van der Waals surface area contributed by atoms with Crippen molar-refractivity contribution in [3.8, 4) is 0 Å². The van der Waals surface area contributed by atoms with Crippen LogP contribution in [0.2, 0.25) is 0 Å². The van der Waals surface area contributed by atoms with Crippen LogP contribution >= 0.6 is 0 Å². The number of likely N-dealkylation sites (tertiary alicyclic amines) is 1. The van der Waals surface area contributed by atoms with E-state index in [1.54, 1.807) is 0 Å². The van der Waals surface area contributed by atoms with Crippen molar-refractivity contribution in [1.29, 1.82) is 0 Å². The number of aliphatic carboxylic acids is 1. The second-order valence-electron chi connectivity index (χ2n) is 6.67. The van der Waals surface area contributed by atoms with Crippen molar-refractivity contribution < 1.29 is 70.6 Å². The van der Waals surface area contributed by atoms with Crippen LogP contribution in [0.5, 0.6) is 0 Å². The molecule has 2 amide bonds. The fourth-order valence-corrected chi connectivity index (χ4v) is 6.03. The van der Waals surface area contributed by atoms with Crippen molar-refractivity contribution in [2.45, 2.75) is 42.1 Å². The number of sulfone groups is 1. The largest absolute Gasteiger partial charge is 1.00 e. The molecule has 0 N–H and O–H groups in total. The summed E-state index contributed by atoms with van der Waals surface area (Å²) in [5, 5.41) is 10.2. The van der Waals surface area contributed by atoms with Crippen LogP contribution in [0.4, 0.5) is 13.2 Å². The molecule has 0 aromatic heterocycles. The molecule has 0 saturated carbocycles. The Labute approximate surface area is 174 Å². The van der Waals surface area contributed by atoms with Gasteiger partial charge in [0.15, 0.2) is 9.84 Å². The van der Waals surface area contributed by atoms with Crippen molar-refractivity contribution >= 4 is 27.6 Å². The van der Waals surface area contributed by atoms with E-state index < -0.39 is 56.5 Å². The van der Waals surface area contributed by atoms with Gasteiger partial charge in [-0.2, -0.15) is 13.2 Å². The number of rotatable bonds is 3. The molecule has 3 fully saturated rings. The smallest absolute Gasteiger partial charge is 0.548 e. The van der Waals surface area contributed by atoms with Gasteiger partial charge in [-0.15, -0.1) is 0 Å². The van der Waals surface area contributed by atoms with E-state index >= 15 is 0 Å². The topological polar surface area (TPSA) is 115 Å². The number of carboxylic acid groups (broad SMARTS) is 1. The molecule has 3 heterocycles.